The molecule has 1 aromatic carbocycles. The van der Waals surface area contributed by atoms with E-state index < -0.39 is 6.04 Å². The molecule has 2 rings (SSSR count). The fraction of sp³-hybridized carbons (Fsp3) is 0.462. The zero-order chi connectivity index (χ0) is 13.1. The number of fused-ring (bicyclic) bond motifs is 1. The fourth-order valence-corrected chi connectivity index (χ4v) is 2.00. The van der Waals surface area contributed by atoms with Gasteiger partial charge in [0, 0.05) is 5.56 Å². The number of rotatable bonds is 2. The van der Waals surface area contributed by atoms with Crippen LogP contribution >= 0.6 is 0 Å². The van der Waals surface area contributed by atoms with Gasteiger partial charge in [-0.1, -0.05) is 0 Å². The van der Waals surface area contributed by atoms with Gasteiger partial charge in [0.05, 0.1) is 18.7 Å². The van der Waals surface area contributed by atoms with Crippen LogP contribution in [0.5, 0.6) is 5.75 Å². The van der Waals surface area contributed by atoms with Crippen LogP contribution < -0.4 is 15.8 Å². The van der Waals surface area contributed by atoms with Gasteiger partial charge in [0.25, 0.3) is 0 Å². The van der Waals surface area contributed by atoms with Crippen LogP contribution in [0.15, 0.2) is 18.2 Å². The molecular weight excluding hydrogens is 235 g/mol. The number of carbonyl (C=O) groups excluding carboxylic acids is 1. The Kier molecular flexibility index (Phi) is 3.81. The number of hydrogen-bond donors (Lipinski definition) is 2. The molecule has 0 radical (unpaired) electrons. The summed E-state index contributed by atoms with van der Waals surface area (Å²) >= 11 is 0. The summed E-state index contributed by atoms with van der Waals surface area (Å²) in [6.07, 6.45) is 1.52. The number of amides is 1. The second-order valence-electron chi connectivity index (χ2n) is 4.52. The van der Waals surface area contributed by atoms with Gasteiger partial charge >= 0.3 is 0 Å². The zero-order valence-corrected chi connectivity index (χ0v) is 10.3. The van der Waals surface area contributed by atoms with E-state index in [1.165, 1.54) is 12.1 Å². The first-order valence-corrected chi connectivity index (χ1v) is 6.06. The molecule has 0 fully saturated rings. The van der Waals surface area contributed by atoms with E-state index in [1.54, 1.807) is 13.0 Å². The molecule has 0 aliphatic carbocycles. The number of nitrogens with two attached hydrogens (primary N) is 1. The Hall–Kier alpha value is -1.62. The molecule has 0 bridgehead atoms. The maximum atomic E-state index is 13.3. The summed E-state index contributed by atoms with van der Waals surface area (Å²) in [4.78, 5) is 11.6. The lowest BCUT2D eigenvalue weighted by Gasteiger charge is -2.19. The van der Waals surface area contributed by atoms with Crippen molar-refractivity contribution >= 4 is 5.91 Å². The molecule has 4 nitrogen and oxygen atoms in total. The van der Waals surface area contributed by atoms with Crippen molar-refractivity contribution in [3.63, 3.8) is 0 Å². The van der Waals surface area contributed by atoms with E-state index in [-0.39, 0.29) is 17.8 Å². The summed E-state index contributed by atoms with van der Waals surface area (Å²) in [6.45, 7) is 2.19. The number of ether oxygens (including phenoxy) is 1. The number of hydrogen-bond acceptors (Lipinski definition) is 3. The van der Waals surface area contributed by atoms with Gasteiger partial charge in [-0.3, -0.25) is 4.79 Å². The van der Waals surface area contributed by atoms with E-state index in [1.807, 2.05) is 0 Å². The number of carbonyl (C=O) groups is 1. The van der Waals surface area contributed by atoms with Gasteiger partial charge in [0.15, 0.2) is 0 Å². The van der Waals surface area contributed by atoms with Crippen molar-refractivity contribution in [3.05, 3.63) is 29.6 Å². The summed E-state index contributed by atoms with van der Waals surface area (Å²) in [5.74, 6) is 0.0558. The quantitative estimate of drug-likeness (QED) is 0.838. The highest BCUT2D eigenvalue weighted by Crippen LogP contribution is 2.31. The molecule has 1 aliphatic heterocycles. The Morgan fingerprint density at radius 2 is 2.39 bits per heavy atom. The Bertz CT molecular complexity index is 449. The minimum Gasteiger partial charge on any atom is -0.493 e. The predicted octanol–water partition coefficient (Wildman–Crippen LogP) is 1.50. The molecule has 0 saturated heterocycles. The smallest absolute Gasteiger partial charge is 0.237 e. The van der Waals surface area contributed by atoms with E-state index in [9.17, 15) is 9.18 Å². The molecule has 3 N–H and O–H groups in total. The first-order chi connectivity index (χ1) is 8.58. The Morgan fingerprint density at radius 1 is 1.61 bits per heavy atom. The molecule has 1 heterocycles. The number of halogens is 1. The Labute approximate surface area is 105 Å². The maximum Gasteiger partial charge on any atom is 0.237 e. The van der Waals surface area contributed by atoms with E-state index in [0.29, 0.717) is 17.9 Å². The molecule has 0 saturated carbocycles. The third kappa shape index (κ3) is 2.79. The van der Waals surface area contributed by atoms with Crippen LogP contribution in [0.25, 0.3) is 0 Å². The topological polar surface area (TPSA) is 64.4 Å². The SMILES string of the molecule is CC(N)C(=O)NC1CCCOc2ccc(F)cc21. The first-order valence-electron chi connectivity index (χ1n) is 6.06. The average Bonchev–Trinajstić information content (AvgIpc) is 2.52. The van der Waals surface area contributed by atoms with Gasteiger partial charge in [-0.05, 0) is 38.0 Å². The molecule has 0 aromatic heterocycles. The minimum atomic E-state index is -0.578. The Balaban J connectivity index is 2.26. The molecule has 2 atom stereocenters. The summed E-state index contributed by atoms with van der Waals surface area (Å²) in [7, 11) is 0. The molecule has 18 heavy (non-hydrogen) atoms. The lowest BCUT2D eigenvalue weighted by molar-refractivity contribution is -0.122. The van der Waals surface area contributed by atoms with E-state index in [2.05, 4.69) is 5.32 Å². The second kappa shape index (κ2) is 5.35. The second-order valence-corrected chi connectivity index (χ2v) is 4.52. The highest BCUT2D eigenvalue weighted by Gasteiger charge is 2.23. The van der Waals surface area contributed by atoms with Crippen molar-refractivity contribution in [2.24, 2.45) is 5.73 Å². The van der Waals surface area contributed by atoms with E-state index >= 15 is 0 Å². The lowest BCUT2D eigenvalue weighted by atomic mass is 10.0. The molecular formula is C13H17FN2O2. The fourth-order valence-electron chi connectivity index (χ4n) is 2.00. The molecule has 0 spiro atoms. The van der Waals surface area contributed by atoms with Crippen LogP contribution in [0.4, 0.5) is 4.39 Å². The largest absolute Gasteiger partial charge is 0.493 e. The van der Waals surface area contributed by atoms with Crippen molar-refractivity contribution in [1.29, 1.82) is 0 Å². The van der Waals surface area contributed by atoms with E-state index in [4.69, 9.17) is 10.5 Å². The van der Waals surface area contributed by atoms with Crippen LogP contribution in [0.3, 0.4) is 0 Å². The molecule has 98 valence electrons. The van der Waals surface area contributed by atoms with Gasteiger partial charge in [-0.15, -0.1) is 0 Å². The van der Waals surface area contributed by atoms with Crippen molar-refractivity contribution in [1.82, 2.24) is 5.32 Å². The normalized spacial score (nSPS) is 20.3. The molecule has 1 amide bonds. The van der Waals surface area contributed by atoms with Crippen molar-refractivity contribution in [2.75, 3.05) is 6.61 Å². The monoisotopic (exact) mass is 252 g/mol. The van der Waals surface area contributed by atoms with Gasteiger partial charge in [0.2, 0.25) is 5.91 Å². The van der Waals surface area contributed by atoms with Crippen molar-refractivity contribution < 1.29 is 13.9 Å². The standard InChI is InChI=1S/C13H17FN2O2/c1-8(15)13(17)16-11-3-2-6-18-12-5-4-9(14)7-10(11)12/h4-5,7-8,11H,2-3,6,15H2,1H3,(H,16,17). The third-order valence-electron chi connectivity index (χ3n) is 2.97. The minimum absolute atomic E-state index is 0.239. The van der Waals surface area contributed by atoms with Crippen molar-refractivity contribution in [2.45, 2.75) is 31.8 Å². The summed E-state index contributed by atoms with van der Waals surface area (Å²) in [6, 6.07) is 3.55. The lowest BCUT2D eigenvalue weighted by Crippen LogP contribution is -2.40. The summed E-state index contributed by atoms with van der Waals surface area (Å²) in [5, 5.41) is 2.83. The molecule has 2 unspecified atom stereocenters. The van der Waals surface area contributed by atoms with Gasteiger partial charge in [-0.2, -0.15) is 0 Å². The van der Waals surface area contributed by atoms with Crippen molar-refractivity contribution in [3.8, 4) is 5.75 Å². The van der Waals surface area contributed by atoms with Gasteiger partial charge in [0.1, 0.15) is 11.6 Å². The average molecular weight is 252 g/mol. The Morgan fingerprint density at radius 3 is 3.11 bits per heavy atom. The van der Waals surface area contributed by atoms with Crippen LogP contribution in [-0.4, -0.2) is 18.6 Å². The molecule has 1 aliphatic rings. The molecule has 5 heteroatoms. The van der Waals surface area contributed by atoms with Crippen LogP contribution in [0, 0.1) is 5.82 Å². The van der Waals surface area contributed by atoms with Gasteiger partial charge < -0.3 is 15.8 Å². The summed E-state index contributed by atoms with van der Waals surface area (Å²) < 4.78 is 18.8. The van der Waals surface area contributed by atoms with Crippen LogP contribution in [0.1, 0.15) is 31.4 Å². The maximum absolute atomic E-state index is 13.3. The summed E-state index contributed by atoms with van der Waals surface area (Å²) in [5.41, 5.74) is 6.21. The first kappa shape index (κ1) is 12.8. The number of nitrogens with one attached hydrogen (secondary N) is 1. The number of benzene rings is 1. The van der Waals surface area contributed by atoms with E-state index in [0.717, 1.165) is 12.8 Å². The molecule has 1 aromatic rings. The van der Waals surface area contributed by atoms with Crippen LogP contribution in [-0.2, 0) is 4.79 Å². The third-order valence-corrected chi connectivity index (χ3v) is 2.97. The highest BCUT2D eigenvalue weighted by molar-refractivity contribution is 5.81. The highest BCUT2D eigenvalue weighted by atomic mass is 19.1. The van der Waals surface area contributed by atoms with Gasteiger partial charge in [-0.25, -0.2) is 4.39 Å². The van der Waals surface area contributed by atoms with Crippen LogP contribution in [0.2, 0.25) is 0 Å². The predicted molar refractivity (Wildman–Crippen MR) is 65.7 cm³/mol. The zero-order valence-electron chi connectivity index (χ0n) is 10.3.